The van der Waals surface area contributed by atoms with Crippen LogP contribution in [0.4, 0.5) is 5.69 Å². The average molecular weight is 552 g/mol. The maximum absolute atomic E-state index is 11.8. The van der Waals surface area contributed by atoms with Crippen molar-refractivity contribution in [3.63, 3.8) is 0 Å². The number of hydrogen-bond donors (Lipinski definition) is 2. The van der Waals surface area contributed by atoms with Crippen molar-refractivity contribution in [2.75, 3.05) is 6.61 Å². The fraction of sp³-hybridized carbons (Fsp3) is 0.0667. The highest BCUT2D eigenvalue weighted by molar-refractivity contribution is 9.11. The number of rotatable bonds is 6. The first-order valence-electron chi connectivity index (χ1n) is 6.85. The van der Waals surface area contributed by atoms with Crippen LogP contribution in [0.2, 0.25) is 0 Å². The molecular formula is C15H10Br3N3O5. The quantitative estimate of drug-likeness (QED) is 0.318. The minimum atomic E-state index is -0.604. The number of ether oxygens (including phenoxy) is 1. The Morgan fingerprint density at radius 2 is 2.00 bits per heavy atom. The van der Waals surface area contributed by atoms with Gasteiger partial charge in [0.2, 0.25) is 0 Å². The van der Waals surface area contributed by atoms with E-state index in [2.05, 4.69) is 58.3 Å². The van der Waals surface area contributed by atoms with Gasteiger partial charge in [-0.1, -0.05) is 28.1 Å². The van der Waals surface area contributed by atoms with Gasteiger partial charge in [-0.2, -0.15) is 5.10 Å². The number of amides is 1. The Bertz CT molecular complexity index is 889. The number of nitrogens with zero attached hydrogens (tertiary/aromatic N) is 2. The summed E-state index contributed by atoms with van der Waals surface area (Å²) in [5.74, 6) is -0.631. The van der Waals surface area contributed by atoms with Crippen LogP contribution >= 0.6 is 47.8 Å². The monoisotopic (exact) mass is 549 g/mol. The van der Waals surface area contributed by atoms with Gasteiger partial charge < -0.3 is 9.84 Å². The lowest BCUT2D eigenvalue weighted by Crippen LogP contribution is -2.24. The largest absolute Gasteiger partial charge is 0.506 e. The van der Waals surface area contributed by atoms with Crippen LogP contribution in [0.1, 0.15) is 5.56 Å². The van der Waals surface area contributed by atoms with E-state index in [1.54, 1.807) is 12.1 Å². The number of hydrazone groups is 1. The van der Waals surface area contributed by atoms with Gasteiger partial charge in [0.1, 0.15) is 5.75 Å². The highest BCUT2D eigenvalue weighted by atomic mass is 79.9. The van der Waals surface area contributed by atoms with Gasteiger partial charge in [-0.05, 0) is 44.0 Å². The summed E-state index contributed by atoms with van der Waals surface area (Å²) in [4.78, 5) is 22.1. The van der Waals surface area contributed by atoms with E-state index < -0.39 is 17.4 Å². The van der Waals surface area contributed by atoms with Crippen molar-refractivity contribution in [3.8, 4) is 11.5 Å². The molecular weight excluding hydrogens is 542 g/mol. The van der Waals surface area contributed by atoms with Crippen molar-refractivity contribution in [2.24, 2.45) is 5.10 Å². The molecule has 11 heteroatoms. The van der Waals surface area contributed by atoms with Crippen LogP contribution in [0.5, 0.6) is 11.5 Å². The number of aromatic hydroxyl groups is 1. The van der Waals surface area contributed by atoms with Gasteiger partial charge in [-0.15, -0.1) is 0 Å². The Morgan fingerprint density at radius 3 is 2.69 bits per heavy atom. The van der Waals surface area contributed by atoms with Crippen LogP contribution in [0.15, 0.2) is 48.9 Å². The molecule has 0 spiro atoms. The van der Waals surface area contributed by atoms with Gasteiger partial charge in [0.25, 0.3) is 5.91 Å². The van der Waals surface area contributed by atoms with Gasteiger partial charge in [0.15, 0.2) is 12.4 Å². The molecule has 0 atom stereocenters. The second-order valence-corrected chi connectivity index (χ2v) is 7.22. The summed E-state index contributed by atoms with van der Waals surface area (Å²) in [7, 11) is 0. The van der Waals surface area contributed by atoms with Crippen molar-refractivity contribution < 1.29 is 19.6 Å². The van der Waals surface area contributed by atoms with Crippen LogP contribution in [0, 0.1) is 10.1 Å². The molecule has 0 saturated heterocycles. The number of phenolic OH excluding ortho intramolecular Hbond substituents is 1. The number of halogens is 3. The first-order valence-corrected chi connectivity index (χ1v) is 9.23. The zero-order chi connectivity index (χ0) is 19.3. The van der Waals surface area contributed by atoms with Crippen LogP contribution in [-0.2, 0) is 4.79 Å². The third kappa shape index (κ3) is 5.02. The molecule has 0 unspecified atom stereocenters. The molecule has 0 fully saturated rings. The predicted octanol–water partition coefficient (Wildman–Crippen LogP) is 4.12. The molecule has 2 aromatic carbocycles. The number of nitrogens with one attached hydrogen (secondary N) is 1. The molecule has 8 nitrogen and oxygen atoms in total. The molecule has 0 heterocycles. The van der Waals surface area contributed by atoms with Gasteiger partial charge in [-0.3, -0.25) is 14.9 Å². The number of hydrogen-bond acceptors (Lipinski definition) is 6. The molecule has 0 aliphatic rings. The van der Waals surface area contributed by atoms with Crippen LogP contribution in [-0.4, -0.2) is 28.8 Å². The van der Waals surface area contributed by atoms with Crippen molar-refractivity contribution in [3.05, 3.63) is 59.4 Å². The van der Waals surface area contributed by atoms with Crippen molar-refractivity contribution in [1.29, 1.82) is 0 Å². The smallest absolute Gasteiger partial charge is 0.310 e. The van der Waals surface area contributed by atoms with E-state index in [1.807, 2.05) is 0 Å². The Kier molecular flexibility index (Phi) is 7.12. The number of para-hydroxylation sites is 2. The Labute approximate surface area is 172 Å². The summed E-state index contributed by atoms with van der Waals surface area (Å²) in [6.07, 6.45) is 1.32. The van der Waals surface area contributed by atoms with E-state index in [-0.39, 0.29) is 17.2 Å². The summed E-state index contributed by atoms with van der Waals surface area (Å²) in [6.45, 7) is -0.448. The summed E-state index contributed by atoms with van der Waals surface area (Å²) in [5, 5.41) is 24.5. The first kappa shape index (κ1) is 20.3. The Balaban J connectivity index is 1.99. The van der Waals surface area contributed by atoms with Gasteiger partial charge in [0, 0.05) is 16.1 Å². The second-order valence-electron chi connectivity index (χ2n) is 4.72. The number of phenols is 1. The lowest BCUT2D eigenvalue weighted by molar-refractivity contribution is -0.385. The Morgan fingerprint density at radius 1 is 1.31 bits per heavy atom. The van der Waals surface area contributed by atoms with Crippen LogP contribution < -0.4 is 10.2 Å². The maximum atomic E-state index is 11.8. The minimum absolute atomic E-state index is 0.0132. The summed E-state index contributed by atoms with van der Waals surface area (Å²) < 4.78 is 6.65. The summed E-state index contributed by atoms with van der Waals surface area (Å²) >= 11 is 9.74. The number of nitro benzene ring substituents is 1. The van der Waals surface area contributed by atoms with Crippen LogP contribution in [0.3, 0.4) is 0 Å². The summed E-state index contributed by atoms with van der Waals surface area (Å²) in [5.41, 5.74) is 2.51. The molecule has 0 radical (unpaired) electrons. The lowest BCUT2D eigenvalue weighted by atomic mass is 10.2. The van der Waals surface area contributed by atoms with Gasteiger partial charge in [0.05, 0.1) is 20.1 Å². The number of benzene rings is 2. The minimum Gasteiger partial charge on any atom is -0.506 e. The first-order chi connectivity index (χ1) is 12.3. The van der Waals surface area contributed by atoms with Crippen molar-refractivity contribution >= 4 is 65.6 Å². The van der Waals surface area contributed by atoms with E-state index >= 15 is 0 Å². The van der Waals surface area contributed by atoms with Crippen molar-refractivity contribution in [1.82, 2.24) is 5.43 Å². The van der Waals surface area contributed by atoms with E-state index in [9.17, 15) is 20.0 Å². The maximum Gasteiger partial charge on any atom is 0.310 e. The normalized spacial score (nSPS) is 10.7. The highest BCUT2D eigenvalue weighted by Gasteiger charge is 2.15. The lowest BCUT2D eigenvalue weighted by Gasteiger charge is -2.07. The Hall–Kier alpha value is -1.98. The fourth-order valence-electron chi connectivity index (χ4n) is 1.79. The van der Waals surface area contributed by atoms with E-state index in [0.29, 0.717) is 19.0 Å². The number of carbonyl (C=O) groups is 1. The average Bonchev–Trinajstić information content (AvgIpc) is 2.61. The molecule has 26 heavy (non-hydrogen) atoms. The number of carbonyl (C=O) groups excluding carboxylic acids is 1. The SMILES string of the molecule is O=C(COc1ccccc1[N+](=O)[O-])N/N=C\c1c(Br)cc(Br)c(O)c1Br. The molecule has 0 aliphatic carbocycles. The highest BCUT2D eigenvalue weighted by Crippen LogP contribution is 2.38. The molecule has 136 valence electrons. The zero-order valence-corrected chi connectivity index (χ0v) is 17.5. The molecule has 0 aromatic heterocycles. The third-order valence-electron chi connectivity index (χ3n) is 2.98. The van der Waals surface area contributed by atoms with E-state index in [0.717, 1.165) is 0 Å². The van der Waals surface area contributed by atoms with Crippen LogP contribution in [0.25, 0.3) is 0 Å². The van der Waals surface area contributed by atoms with E-state index in [1.165, 1.54) is 24.4 Å². The molecule has 2 aromatic rings. The summed E-state index contributed by atoms with van der Waals surface area (Å²) in [6, 6.07) is 7.36. The van der Waals surface area contributed by atoms with Crippen molar-refractivity contribution in [2.45, 2.75) is 0 Å². The van der Waals surface area contributed by atoms with Gasteiger partial charge >= 0.3 is 5.69 Å². The number of nitro groups is 1. The fourth-order valence-corrected chi connectivity index (χ4v) is 4.11. The molecule has 0 bridgehead atoms. The molecule has 1 amide bonds. The molecule has 0 saturated carbocycles. The predicted molar refractivity (Wildman–Crippen MR) is 106 cm³/mol. The molecule has 2 rings (SSSR count). The second kappa shape index (κ2) is 9.10. The molecule has 2 N–H and O–H groups in total. The van der Waals surface area contributed by atoms with E-state index in [4.69, 9.17) is 4.74 Å². The standard InChI is InChI=1S/C15H10Br3N3O5/c16-9-5-10(17)15(23)14(18)8(9)6-19-20-13(22)7-26-12-4-2-1-3-11(12)21(24)25/h1-6,23H,7H2,(H,20,22)/b19-6-. The third-order valence-corrected chi connectivity index (χ3v) is 5.05. The molecule has 0 aliphatic heterocycles. The zero-order valence-electron chi connectivity index (χ0n) is 12.8. The van der Waals surface area contributed by atoms with Gasteiger partial charge in [-0.25, -0.2) is 5.43 Å². The topological polar surface area (TPSA) is 114 Å².